The van der Waals surface area contributed by atoms with E-state index in [1.54, 1.807) is 7.11 Å². The van der Waals surface area contributed by atoms with Gasteiger partial charge in [0, 0.05) is 17.6 Å². The third kappa shape index (κ3) is 3.54. The normalized spacial score (nSPS) is 11.1. The maximum absolute atomic E-state index is 9.13. The summed E-state index contributed by atoms with van der Waals surface area (Å²) in [4.78, 5) is 0. The van der Waals surface area contributed by atoms with E-state index in [1.807, 2.05) is 12.1 Å². The van der Waals surface area contributed by atoms with Crippen molar-refractivity contribution >= 4 is 11.0 Å². The van der Waals surface area contributed by atoms with Crippen molar-refractivity contribution in [2.24, 2.45) is 0 Å². The highest BCUT2D eigenvalue weighted by molar-refractivity contribution is 5.91. The lowest BCUT2D eigenvalue weighted by Gasteiger charge is -2.08. The molecule has 3 aromatic carbocycles. The molecule has 0 unspecified atom stereocenters. The van der Waals surface area contributed by atoms with Crippen molar-refractivity contribution in [3.63, 3.8) is 0 Å². The molecule has 142 valence electrons. The Balaban J connectivity index is 1.84. The molecule has 3 nitrogen and oxygen atoms in total. The molecule has 0 aliphatic heterocycles. The minimum Gasteiger partial charge on any atom is -0.493 e. The van der Waals surface area contributed by atoms with Gasteiger partial charge in [-0.2, -0.15) is 0 Å². The number of hydrogen-bond donors (Lipinski definition) is 1. The Morgan fingerprint density at radius 3 is 2.50 bits per heavy atom. The van der Waals surface area contributed by atoms with Gasteiger partial charge in [-0.3, -0.25) is 0 Å². The zero-order chi connectivity index (χ0) is 19.5. The van der Waals surface area contributed by atoms with Crippen molar-refractivity contribution in [1.82, 2.24) is 0 Å². The molecule has 1 N–H and O–H groups in total. The summed E-state index contributed by atoms with van der Waals surface area (Å²) >= 11 is 0. The molecule has 0 bridgehead atoms. The molecule has 0 saturated carbocycles. The number of furan rings is 1. The van der Waals surface area contributed by atoms with E-state index in [0.717, 1.165) is 52.0 Å². The second-order valence-electron chi connectivity index (χ2n) is 7.07. The lowest BCUT2D eigenvalue weighted by atomic mass is 9.97. The molecule has 0 fully saturated rings. The molecule has 0 amide bonds. The van der Waals surface area contributed by atoms with Gasteiger partial charge in [0.2, 0.25) is 0 Å². The molecule has 4 aromatic rings. The van der Waals surface area contributed by atoms with Crippen LogP contribution in [0.3, 0.4) is 0 Å². The summed E-state index contributed by atoms with van der Waals surface area (Å²) in [6, 6.07) is 23.0. The van der Waals surface area contributed by atoms with Gasteiger partial charge in [0.05, 0.1) is 7.11 Å². The van der Waals surface area contributed by atoms with E-state index in [9.17, 15) is 0 Å². The lowest BCUT2D eigenvalue weighted by Crippen LogP contribution is -1.91. The van der Waals surface area contributed by atoms with Crippen molar-refractivity contribution in [3.05, 3.63) is 77.9 Å². The average Bonchev–Trinajstić information content (AvgIpc) is 3.15. The summed E-state index contributed by atoms with van der Waals surface area (Å²) in [6.07, 6.45) is 1.54. The molecule has 0 spiro atoms. The van der Waals surface area contributed by atoms with Crippen molar-refractivity contribution in [2.75, 3.05) is 13.7 Å². The maximum atomic E-state index is 9.13. The summed E-state index contributed by atoms with van der Waals surface area (Å²) in [5.41, 5.74) is 6.49. The van der Waals surface area contributed by atoms with Crippen LogP contribution in [0.25, 0.3) is 33.4 Å². The van der Waals surface area contributed by atoms with E-state index in [0.29, 0.717) is 0 Å². The smallest absolute Gasteiger partial charge is 0.176 e. The SMILES string of the molecule is COc1cc(CCCO)cc2cc(-c3ccccc3-c3cccc(C)c3)oc12. The Hall–Kier alpha value is -3.04. The minimum absolute atomic E-state index is 0.181. The summed E-state index contributed by atoms with van der Waals surface area (Å²) in [5.74, 6) is 1.55. The highest BCUT2D eigenvalue weighted by Gasteiger charge is 2.15. The zero-order valence-electron chi connectivity index (χ0n) is 16.2. The Morgan fingerprint density at radius 1 is 0.929 bits per heavy atom. The third-order valence-electron chi connectivity index (χ3n) is 5.01. The molecule has 1 aromatic heterocycles. The van der Waals surface area contributed by atoms with Crippen LogP contribution >= 0.6 is 0 Å². The molecule has 4 rings (SSSR count). The van der Waals surface area contributed by atoms with E-state index in [4.69, 9.17) is 14.3 Å². The van der Waals surface area contributed by atoms with Gasteiger partial charge in [-0.1, -0.05) is 54.1 Å². The Morgan fingerprint density at radius 2 is 1.75 bits per heavy atom. The van der Waals surface area contributed by atoms with Gasteiger partial charge in [-0.25, -0.2) is 0 Å². The van der Waals surface area contributed by atoms with E-state index in [-0.39, 0.29) is 6.61 Å². The molecule has 0 aliphatic rings. The van der Waals surface area contributed by atoms with Gasteiger partial charge in [0.15, 0.2) is 11.3 Å². The Bertz CT molecular complexity index is 1110. The van der Waals surface area contributed by atoms with E-state index < -0.39 is 0 Å². The Labute approximate surface area is 165 Å². The van der Waals surface area contributed by atoms with Crippen LogP contribution in [0.2, 0.25) is 0 Å². The van der Waals surface area contributed by atoms with Crippen LogP contribution in [0.4, 0.5) is 0 Å². The first kappa shape index (κ1) is 18.3. The Kier molecular flexibility index (Phi) is 5.18. The minimum atomic E-state index is 0.181. The highest BCUT2D eigenvalue weighted by Crippen LogP contribution is 2.38. The first-order valence-electron chi connectivity index (χ1n) is 9.57. The number of ether oxygens (including phenoxy) is 1. The standard InChI is InChI=1S/C25H24O3/c1-17-7-5-9-19(13-17)21-10-3-4-11-22(21)23-16-20-14-18(8-6-12-26)15-24(27-2)25(20)28-23/h3-5,7,9-11,13-16,26H,6,8,12H2,1-2H3. The third-order valence-corrected chi connectivity index (χ3v) is 5.01. The highest BCUT2D eigenvalue weighted by atomic mass is 16.5. The van der Waals surface area contributed by atoms with Gasteiger partial charge in [0.25, 0.3) is 0 Å². The number of methoxy groups -OCH3 is 1. The molecule has 0 saturated heterocycles. The molecule has 0 aliphatic carbocycles. The van der Waals surface area contributed by atoms with Gasteiger partial charge < -0.3 is 14.3 Å². The van der Waals surface area contributed by atoms with Crippen LogP contribution in [0, 0.1) is 6.92 Å². The quantitative estimate of drug-likeness (QED) is 0.451. The van der Waals surface area contributed by atoms with E-state index in [2.05, 4.69) is 61.5 Å². The second kappa shape index (κ2) is 7.91. The fourth-order valence-corrected chi connectivity index (χ4v) is 3.65. The van der Waals surface area contributed by atoms with Crippen LogP contribution in [0.1, 0.15) is 17.5 Å². The monoisotopic (exact) mass is 372 g/mol. The zero-order valence-corrected chi connectivity index (χ0v) is 16.2. The summed E-state index contributed by atoms with van der Waals surface area (Å²) < 4.78 is 11.8. The van der Waals surface area contributed by atoms with Crippen molar-refractivity contribution in [1.29, 1.82) is 0 Å². The van der Waals surface area contributed by atoms with E-state index in [1.165, 1.54) is 11.1 Å². The van der Waals surface area contributed by atoms with Crippen molar-refractivity contribution in [2.45, 2.75) is 19.8 Å². The molecule has 1 heterocycles. The lowest BCUT2D eigenvalue weighted by molar-refractivity contribution is 0.288. The largest absolute Gasteiger partial charge is 0.493 e. The number of aliphatic hydroxyl groups is 1. The molecular weight excluding hydrogens is 348 g/mol. The average molecular weight is 372 g/mol. The molecule has 0 atom stereocenters. The van der Waals surface area contributed by atoms with Crippen molar-refractivity contribution < 1.29 is 14.3 Å². The number of rotatable bonds is 6. The van der Waals surface area contributed by atoms with Crippen LogP contribution in [-0.2, 0) is 6.42 Å². The molecule has 0 radical (unpaired) electrons. The van der Waals surface area contributed by atoms with Crippen LogP contribution < -0.4 is 4.74 Å². The van der Waals surface area contributed by atoms with Crippen LogP contribution in [0.15, 0.2) is 71.1 Å². The number of aliphatic hydroxyl groups excluding tert-OH is 1. The van der Waals surface area contributed by atoms with Crippen molar-refractivity contribution in [3.8, 4) is 28.2 Å². The predicted octanol–water partition coefficient (Wildman–Crippen LogP) is 6.01. The van der Waals surface area contributed by atoms with Crippen LogP contribution in [0.5, 0.6) is 5.75 Å². The maximum Gasteiger partial charge on any atom is 0.176 e. The predicted molar refractivity (Wildman–Crippen MR) is 114 cm³/mol. The molecule has 3 heteroatoms. The number of aryl methyl sites for hydroxylation is 2. The topological polar surface area (TPSA) is 42.6 Å². The number of hydrogen-bond acceptors (Lipinski definition) is 3. The summed E-state index contributed by atoms with van der Waals surface area (Å²) in [5, 5.41) is 10.1. The van der Waals surface area contributed by atoms with Gasteiger partial charge in [0.1, 0.15) is 5.76 Å². The van der Waals surface area contributed by atoms with Gasteiger partial charge >= 0.3 is 0 Å². The number of benzene rings is 3. The fourth-order valence-electron chi connectivity index (χ4n) is 3.65. The fraction of sp³-hybridized carbons (Fsp3) is 0.200. The number of fused-ring (bicyclic) bond motifs is 1. The summed E-state index contributed by atoms with van der Waals surface area (Å²) in [6.45, 7) is 2.28. The first-order chi connectivity index (χ1) is 13.7. The van der Waals surface area contributed by atoms with Gasteiger partial charge in [-0.05, 0) is 54.7 Å². The van der Waals surface area contributed by atoms with Crippen LogP contribution in [-0.4, -0.2) is 18.8 Å². The molecule has 28 heavy (non-hydrogen) atoms. The molecular formula is C25H24O3. The second-order valence-corrected chi connectivity index (χ2v) is 7.07. The van der Waals surface area contributed by atoms with E-state index >= 15 is 0 Å². The first-order valence-corrected chi connectivity index (χ1v) is 9.57. The van der Waals surface area contributed by atoms with Gasteiger partial charge in [-0.15, -0.1) is 0 Å². The summed E-state index contributed by atoms with van der Waals surface area (Å²) in [7, 11) is 1.66.